The fourth-order valence-corrected chi connectivity index (χ4v) is 2.96. The third kappa shape index (κ3) is 5.67. The molecular weight excluding hydrogens is 370 g/mol. The first-order valence-electron chi connectivity index (χ1n) is 9.89. The van der Waals surface area contributed by atoms with E-state index in [4.69, 9.17) is 18.9 Å². The van der Waals surface area contributed by atoms with Crippen LogP contribution in [0.5, 0.6) is 23.0 Å². The van der Waals surface area contributed by atoms with Crippen molar-refractivity contribution in [3.05, 3.63) is 48.0 Å². The number of hydrogen-bond acceptors (Lipinski definition) is 5. The van der Waals surface area contributed by atoms with E-state index < -0.39 is 0 Å². The minimum Gasteiger partial charge on any atom is -0.493 e. The number of hydrogen-bond donors (Lipinski definition) is 1. The number of carbonyl (C=O) groups excluding carboxylic acids is 1. The first-order valence-corrected chi connectivity index (χ1v) is 9.89. The molecule has 0 radical (unpaired) electrons. The Hall–Kier alpha value is -3.15. The molecule has 1 aliphatic heterocycles. The summed E-state index contributed by atoms with van der Waals surface area (Å²) >= 11 is 0. The summed E-state index contributed by atoms with van der Waals surface area (Å²) in [6, 6.07) is 11.0. The average Bonchev–Trinajstić information content (AvgIpc) is 2.76. The van der Waals surface area contributed by atoms with Crippen LogP contribution in [0.15, 0.2) is 42.5 Å². The molecule has 6 heteroatoms. The minimum atomic E-state index is -0.258. The van der Waals surface area contributed by atoms with Crippen LogP contribution in [-0.2, 0) is 4.79 Å². The highest BCUT2D eigenvalue weighted by atomic mass is 16.6. The van der Waals surface area contributed by atoms with Crippen molar-refractivity contribution < 1.29 is 23.7 Å². The van der Waals surface area contributed by atoms with E-state index in [9.17, 15) is 4.79 Å². The highest BCUT2D eigenvalue weighted by Crippen LogP contribution is 2.37. The van der Waals surface area contributed by atoms with Crippen LogP contribution in [0.1, 0.15) is 31.7 Å². The van der Waals surface area contributed by atoms with E-state index >= 15 is 0 Å². The number of ether oxygens (including phenoxy) is 4. The number of para-hydroxylation sites is 1. The molecule has 1 heterocycles. The third-order valence-corrected chi connectivity index (χ3v) is 4.44. The number of unbranched alkanes of at least 4 members (excludes halogenated alkanes) is 2. The Morgan fingerprint density at radius 1 is 1.14 bits per heavy atom. The Bertz CT molecular complexity index is 862. The molecule has 0 unspecified atom stereocenters. The van der Waals surface area contributed by atoms with Crippen LogP contribution in [0.25, 0.3) is 6.08 Å². The van der Waals surface area contributed by atoms with Crippen LogP contribution in [0.3, 0.4) is 0 Å². The van der Waals surface area contributed by atoms with Crippen molar-refractivity contribution in [2.45, 2.75) is 26.2 Å². The van der Waals surface area contributed by atoms with Gasteiger partial charge in [-0.05, 0) is 42.3 Å². The Morgan fingerprint density at radius 3 is 2.83 bits per heavy atom. The lowest BCUT2D eigenvalue weighted by molar-refractivity contribution is -0.111. The molecule has 0 fully saturated rings. The molecule has 1 N–H and O–H groups in total. The lowest BCUT2D eigenvalue weighted by atomic mass is 10.2. The van der Waals surface area contributed by atoms with Gasteiger partial charge in [-0.25, -0.2) is 0 Å². The predicted octanol–water partition coefficient (Wildman–Crippen LogP) is 4.69. The molecule has 0 saturated heterocycles. The van der Waals surface area contributed by atoms with Crippen molar-refractivity contribution >= 4 is 17.7 Å². The molecule has 29 heavy (non-hydrogen) atoms. The van der Waals surface area contributed by atoms with Crippen molar-refractivity contribution in [1.82, 2.24) is 0 Å². The van der Waals surface area contributed by atoms with Gasteiger partial charge in [0.25, 0.3) is 0 Å². The summed E-state index contributed by atoms with van der Waals surface area (Å²) in [5, 5.41) is 2.83. The van der Waals surface area contributed by atoms with Crippen LogP contribution in [0.2, 0.25) is 0 Å². The number of rotatable bonds is 9. The molecule has 154 valence electrons. The molecule has 2 aromatic rings. The molecule has 1 aliphatic rings. The van der Waals surface area contributed by atoms with Gasteiger partial charge in [0.2, 0.25) is 5.91 Å². The highest BCUT2D eigenvalue weighted by molar-refractivity contribution is 6.03. The maximum atomic E-state index is 12.3. The summed E-state index contributed by atoms with van der Waals surface area (Å²) in [5.74, 6) is 2.29. The molecule has 0 atom stereocenters. The van der Waals surface area contributed by atoms with Gasteiger partial charge in [0, 0.05) is 6.08 Å². The first kappa shape index (κ1) is 20.6. The van der Waals surface area contributed by atoms with Crippen molar-refractivity contribution in [3.63, 3.8) is 0 Å². The number of benzene rings is 2. The lowest BCUT2D eigenvalue weighted by Crippen LogP contribution is -2.17. The molecule has 0 aromatic heterocycles. The summed E-state index contributed by atoms with van der Waals surface area (Å²) < 4.78 is 22.4. The van der Waals surface area contributed by atoms with E-state index in [2.05, 4.69) is 12.2 Å². The van der Waals surface area contributed by atoms with Gasteiger partial charge in [-0.15, -0.1) is 0 Å². The normalized spacial score (nSPS) is 12.6. The van der Waals surface area contributed by atoms with E-state index in [0.29, 0.717) is 48.5 Å². The van der Waals surface area contributed by atoms with Crippen molar-refractivity contribution in [2.75, 3.05) is 32.2 Å². The van der Waals surface area contributed by atoms with Gasteiger partial charge in [-0.2, -0.15) is 0 Å². The van der Waals surface area contributed by atoms with Crippen LogP contribution < -0.4 is 24.3 Å². The van der Waals surface area contributed by atoms with Gasteiger partial charge in [-0.3, -0.25) is 4.79 Å². The van der Waals surface area contributed by atoms with Gasteiger partial charge >= 0.3 is 0 Å². The summed E-state index contributed by atoms with van der Waals surface area (Å²) in [5.41, 5.74) is 1.43. The Kier molecular flexibility index (Phi) is 7.39. The summed E-state index contributed by atoms with van der Waals surface area (Å²) in [7, 11) is 1.61. The number of nitrogens with one attached hydrogen (secondary N) is 1. The number of anilines is 1. The fraction of sp³-hybridized carbons (Fsp3) is 0.348. The molecule has 1 amide bonds. The molecule has 0 spiro atoms. The molecule has 3 rings (SSSR count). The fourth-order valence-electron chi connectivity index (χ4n) is 2.96. The van der Waals surface area contributed by atoms with Crippen LogP contribution in [-0.4, -0.2) is 32.8 Å². The van der Waals surface area contributed by atoms with Gasteiger partial charge in [0.1, 0.15) is 13.2 Å². The van der Waals surface area contributed by atoms with Gasteiger partial charge in [-0.1, -0.05) is 31.9 Å². The lowest BCUT2D eigenvalue weighted by Gasteiger charge is -2.20. The van der Waals surface area contributed by atoms with Crippen LogP contribution in [0, 0.1) is 0 Å². The predicted molar refractivity (Wildman–Crippen MR) is 113 cm³/mol. The smallest absolute Gasteiger partial charge is 0.248 e. The van der Waals surface area contributed by atoms with Crippen LogP contribution in [0.4, 0.5) is 5.69 Å². The largest absolute Gasteiger partial charge is 0.493 e. The van der Waals surface area contributed by atoms with E-state index in [1.807, 2.05) is 30.3 Å². The van der Waals surface area contributed by atoms with Crippen molar-refractivity contribution in [1.29, 1.82) is 0 Å². The quantitative estimate of drug-likeness (QED) is 0.491. The molecule has 0 saturated carbocycles. The number of carbonyl (C=O) groups is 1. The SMILES string of the molecule is CCCCCOc1ccc(/C=C/C(=O)Nc2cccc3c2OCCO3)cc1OC. The van der Waals surface area contributed by atoms with Gasteiger partial charge in [0.15, 0.2) is 23.0 Å². The third-order valence-electron chi connectivity index (χ3n) is 4.44. The average molecular weight is 397 g/mol. The summed E-state index contributed by atoms with van der Waals surface area (Å²) in [6.45, 7) is 3.78. The molecular formula is C23H27NO5. The molecule has 2 aromatic carbocycles. The van der Waals surface area contributed by atoms with E-state index in [1.165, 1.54) is 6.08 Å². The van der Waals surface area contributed by atoms with E-state index in [0.717, 1.165) is 24.8 Å². The second kappa shape index (κ2) is 10.4. The first-order chi connectivity index (χ1) is 14.2. The monoisotopic (exact) mass is 397 g/mol. The second-order valence-electron chi connectivity index (χ2n) is 6.62. The Labute approximate surface area is 171 Å². The summed E-state index contributed by atoms with van der Waals surface area (Å²) in [6.07, 6.45) is 6.50. The molecule has 0 aliphatic carbocycles. The zero-order chi connectivity index (χ0) is 20.5. The van der Waals surface area contributed by atoms with E-state index in [1.54, 1.807) is 19.3 Å². The standard InChI is InChI=1S/C23H27NO5/c1-3-4-5-13-27-19-11-9-17(16-21(19)26-2)10-12-22(25)24-18-7-6-8-20-23(18)29-15-14-28-20/h6-12,16H,3-5,13-15H2,1-2H3,(H,24,25)/b12-10+. The number of methoxy groups -OCH3 is 1. The zero-order valence-corrected chi connectivity index (χ0v) is 16.9. The topological polar surface area (TPSA) is 66.0 Å². The number of amides is 1. The second-order valence-corrected chi connectivity index (χ2v) is 6.62. The van der Waals surface area contributed by atoms with E-state index in [-0.39, 0.29) is 5.91 Å². The van der Waals surface area contributed by atoms with Crippen LogP contribution >= 0.6 is 0 Å². The minimum absolute atomic E-state index is 0.258. The Morgan fingerprint density at radius 2 is 2.00 bits per heavy atom. The van der Waals surface area contributed by atoms with Gasteiger partial charge < -0.3 is 24.3 Å². The zero-order valence-electron chi connectivity index (χ0n) is 16.9. The maximum absolute atomic E-state index is 12.3. The Balaban J connectivity index is 1.63. The number of fused-ring (bicyclic) bond motifs is 1. The van der Waals surface area contributed by atoms with Crippen molar-refractivity contribution in [2.24, 2.45) is 0 Å². The van der Waals surface area contributed by atoms with Crippen molar-refractivity contribution in [3.8, 4) is 23.0 Å². The highest BCUT2D eigenvalue weighted by Gasteiger charge is 2.16. The molecule has 6 nitrogen and oxygen atoms in total. The maximum Gasteiger partial charge on any atom is 0.248 e. The summed E-state index contributed by atoms with van der Waals surface area (Å²) in [4.78, 5) is 12.3. The molecule has 0 bridgehead atoms. The van der Waals surface area contributed by atoms with Gasteiger partial charge in [0.05, 0.1) is 19.4 Å².